The van der Waals surface area contributed by atoms with Gasteiger partial charge in [-0.25, -0.2) is 0 Å². The van der Waals surface area contributed by atoms with E-state index in [1.807, 2.05) is 6.92 Å². The van der Waals surface area contributed by atoms with Crippen LogP contribution in [0.25, 0.3) is 0 Å². The summed E-state index contributed by atoms with van der Waals surface area (Å²) in [6.45, 7) is 9.23. The number of ether oxygens (including phenoxy) is 1. The third-order valence-corrected chi connectivity index (χ3v) is 4.95. The van der Waals surface area contributed by atoms with E-state index in [-0.39, 0.29) is 11.9 Å². The molecule has 0 rings (SSSR count). The molecule has 24 heavy (non-hydrogen) atoms. The van der Waals surface area contributed by atoms with Crippen LogP contribution in [0.4, 0.5) is 0 Å². The molecule has 0 aliphatic rings. The number of carbonyl (C=O) groups excluding carboxylic acids is 1. The quantitative estimate of drug-likeness (QED) is 0.205. The van der Waals surface area contributed by atoms with Crippen LogP contribution in [0.15, 0.2) is 0 Å². The molecule has 0 spiro atoms. The molecule has 0 saturated carbocycles. The number of carbonyl (C=O) groups is 1. The Balaban J connectivity index is 3.40. The van der Waals surface area contributed by atoms with Crippen LogP contribution in [0.2, 0.25) is 0 Å². The maximum absolute atomic E-state index is 11.9. The Morgan fingerprint density at radius 3 is 1.75 bits per heavy atom. The lowest BCUT2D eigenvalue weighted by molar-refractivity contribution is -0.149. The smallest absolute Gasteiger partial charge is 0.308 e. The fourth-order valence-corrected chi connectivity index (χ4v) is 3.06. The number of hydrogen-bond donors (Lipinski definition) is 0. The third kappa shape index (κ3) is 15.0. The summed E-state index contributed by atoms with van der Waals surface area (Å²) >= 11 is 0. The Hall–Kier alpha value is -0.530. The molecule has 0 saturated heterocycles. The zero-order valence-corrected chi connectivity index (χ0v) is 17.1. The molecule has 0 fully saturated rings. The Bertz CT molecular complexity index is 275. The standard InChI is InChI=1S/C22H44O2/c1-5-7-9-10-11-12-13-14-15-16-17-20(3)19-24-22(23)21(4)18-8-6-2/h20-21H,5-19H2,1-4H3. The lowest BCUT2D eigenvalue weighted by Crippen LogP contribution is -2.18. The lowest BCUT2D eigenvalue weighted by Gasteiger charge is -2.15. The Labute approximate surface area is 152 Å². The first-order chi connectivity index (χ1) is 11.6. The summed E-state index contributed by atoms with van der Waals surface area (Å²) in [5.74, 6) is 0.564. The van der Waals surface area contributed by atoms with Gasteiger partial charge in [0.25, 0.3) is 0 Å². The van der Waals surface area contributed by atoms with Gasteiger partial charge in [0.05, 0.1) is 12.5 Å². The van der Waals surface area contributed by atoms with Gasteiger partial charge in [0.2, 0.25) is 0 Å². The first-order valence-corrected chi connectivity index (χ1v) is 10.8. The van der Waals surface area contributed by atoms with Crippen LogP contribution in [0.3, 0.4) is 0 Å². The minimum atomic E-state index is -0.00151. The molecule has 0 amide bonds. The Morgan fingerprint density at radius 2 is 1.21 bits per heavy atom. The Kier molecular flexibility index (Phi) is 16.9. The van der Waals surface area contributed by atoms with E-state index in [1.54, 1.807) is 0 Å². The second kappa shape index (κ2) is 17.3. The molecule has 2 heteroatoms. The molecule has 0 N–H and O–H groups in total. The van der Waals surface area contributed by atoms with E-state index in [1.165, 1.54) is 70.6 Å². The van der Waals surface area contributed by atoms with Crippen molar-refractivity contribution in [2.45, 2.75) is 118 Å². The van der Waals surface area contributed by atoms with Crippen molar-refractivity contribution in [3.05, 3.63) is 0 Å². The molecule has 144 valence electrons. The molecule has 2 atom stereocenters. The molecular weight excluding hydrogens is 296 g/mol. The van der Waals surface area contributed by atoms with Gasteiger partial charge in [0.1, 0.15) is 0 Å². The van der Waals surface area contributed by atoms with Crippen molar-refractivity contribution in [1.82, 2.24) is 0 Å². The van der Waals surface area contributed by atoms with Gasteiger partial charge in [-0.15, -0.1) is 0 Å². The summed E-state index contributed by atoms with van der Waals surface area (Å²) in [6.07, 6.45) is 18.2. The molecule has 0 aliphatic heterocycles. The first kappa shape index (κ1) is 23.5. The summed E-state index contributed by atoms with van der Waals surface area (Å²) in [5.41, 5.74) is 0. The topological polar surface area (TPSA) is 26.3 Å². The van der Waals surface area contributed by atoms with Crippen molar-refractivity contribution in [3.63, 3.8) is 0 Å². The molecule has 0 aromatic carbocycles. The largest absolute Gasteiger partial charge is 0.465 e. The molecule has 2 nitrogen and oxygen atoms in total. The summed E-state index contributed by atoms with van der Waals surface area (Å²) in [6, 6.07) is 0. The van der Waals surface area contributed by atoms with Gasteiger partial charge in [-0.1, -0.05) is 105 Å². The van der Waals surface area contributed by atoms with Crippen molar-refractivity contribution in [1.29, 1.82) is 0 Å². The van der Waals surface area contributed by atoms with Crippen LogP contribution >= 0.6 is 0 Å². The van der Waals surface area contributed by atoms with Crippen LogP contribution in [0, 0.1) is 11.8 Å². The van der Waals surface area contributed by atoms with Gasteiger partial charge < -0.3 is 4.74 Å². The fourth-order valence-electron chi connectivity index (χ4n) is 3.06. The van der Waals surface area contributed by atoms with E-state index in [4.69, 9.17) is 4.74 Å². The van der Waals surface area contributed by atoms with Crippen LogP contribution in [-0.2, 0) is 9.53 Å². The van der Waals surface area contributed by atoms with Crippen LogP contribution in [0.5, 0.6) is 0 Å². The maximum atomic E-state index is 11.9. The average Bonchev–Trinajstić information content (AvgIpc) is 2.59. The molecular formula is C22H44O2. The third-order valence-electron chi connectivity index (χ3n) is 4.95. The van der Waals surface area contributed by atoms with E-state index in [0.29, 0.717) is 12.5 Å². The molecule has 0 aliphatic carbocycles. The minimum Gasteiger partial charge on any atom is -0.465 e. The van der Waals surface area contributed by atoms with E-state index in [9.17, 15) is 4.79 Å². The predicted molar refractivity (Wildman–Crippen MR) is 105 cm³/mol. The maximum Gasteiger partial charge on any atom is 0.308 e. The van der Waals surface area contributed by atoms with Gasteiger partial charge in [-0.3, -0.25) is 4.79 Å². The summed E-state index contributed by atoms with van der Waals surface area (Å²) in [5, 5.41) is 0. The van der Waals surface area contributed by atoms with Gasteiger partial charge >= 0.3 is 5.97 Å². The second-order valence-electron chi connectivity index (χ2n) is 7.75. The van der Waals surface area contributed by atoms with Crippen molar-refractivity contribution >= 4 is 5.97 Å². The average molecular weight is 341 g/mol. The van der Waals surface area contributed by atoms with E-state index >= 15 is 0 Å². The van der Waals surface area contributed by atoms with Crippen LogP contribution in [0.1, 0.15) is 118 Å². The van der Waals surface area contributed by atoms with E-state index in [0.717, 1.165) is 19.3 Å². The lowest BCUT2D eigenvalue weighted by atomic mass is 10.0. The first-order valence-electron chi connectivity index (χ1n) is 10.8. The van der Waals surface area contributed by atoms with E-state index < -0.39 is 0 Å². The summed E-state index contributed by atoms with van der Waals surface area (Å²) in [7, 11) is 0. The zero-order valence-electron chi connectivity index (χ0n) is 17.1. The van der Waals surface area contributed by atoms with Crippen molar-refractivity contribution in [3.8, 4) is 0 Å². The highest BCUT2D eigenvalue weighted by atomic mass is 16.5. The second-order valence-corrected chi connectivity index (χ2v) is 7.75. The monoisotopic (exact) mass is 340 g/mol. The van der Waals surface area contributed by atoms with Gasteiger partial charge in [-0.2, -0.15) is 0 Å². The zero-order chi connectivity index (χ0) is 18.0. The fraction of sp³-hybridized carbons (Fsp3) is 0.955. The summed E-state index contributed by atoms with van der Waals surface area (Å²) in [4.78, 5) is 11.9. The highest BCUT2D eigenvalue weighted by Gasteiger charge is 2.14. The number of hydrogen-bond acceptors (Lipinski definition) is 2. The van der Waals surface area contributed by atoms with Gasteiger partial charge in [-0.05, 0) is 18.8 Å². The molecule has 0 radical (unpaired) electrons. The van der Waals surface area contributed by atoms with Crippen molar-refractivity contribution in [2.24, 2.45) is 11.8 Å². The molecule has 0 heterocycles. The minimum absolute atomic E-state index is 0.00151. The predicted octanol–water partition coefficient (Wildman–Crippen LogP) is 7.30. The Morgan fingerprint density at radius 1 is 0.708 bits per heavy atom. The molecule has 0 aromatic rings. The van der Waals surface area contributed by atoms with Gasteiger partial charge in [0.15, 0.2) is 0 Å². The van der Waals surface area contributed by atoms with Crippen molar-refractivity contribution in [2.75, 3.05) is 6.61 Å². The van der Waals surface area contributed by atoms with E-state index in [2.05, 4.69) is 20.8 Å². The number of unbranched alkanes of at least 4 members (excludes halogenated alkanes) is 10. The molecule has 2 unspecified atom stereocenters. The highest BCUT2D eigenvalue weighted by Crippen LogP contribution is 2.15. The SMILES string of the molecule is CCCCCCCCCCCCC(C)COC(=O)C(C)CCCC. The molecule has 0 bridgehead atoms. The van der Waals surface area contributed by atoms with Crippen LogP contribution in [-0.4, -0.2) is 12.6 Å². The summed E-state index contributed by atoms with van der Waals surface area (Å²) < 4.78 is 5.47. The van der Waals surface area contributed by atoms with Crippen LogP contribution < -0.4 is 0 Å². The van der Waals surface area contributed by atoms with Crippen molar-refractivity contribution < 1.29 is 9.53 Å². The molecule has 0 aromatic heterocycles. The number of rotatable bonds is 17. The number of esters is 1. The normalized spacial score (nSPS) is 13.7. The van der Waals surface area contributed by atoms with Gasteiger partial charge in [0, 0.05) is 0 Å². The highest BCUT2D eigenvalue weighted by molar-refractivity contribution is 5.71.